The smallest absolute Gasteiger partial charge is 0.329 e. The normalized spacial score (nSPS) is 22.7. The van der Waals surface area contributed by atoms with Gasteiger partial charge in [-0.3, -0.25) is 19.2 Å². The van der Waals surface area contributed by atoms with Gasteiger partial charge in [-0.1, -0.05) is 19.9 Å². The Morgan fingerprint density at radius 3 is 2.67 bits per heavy atom. The molecule has 2 atom stereocenters. The van der Waals surface area contributed by atoms with Crippen LogP contribution in [-0.4, -0.2) is 53.7 Å². The first-order chi connectivity index (χ1) is 17.5. The second-order valence-electron chi connectivity index (χ2n) is 10.1. The molecule has 5 aromatic rings. The zero-order valence-electron chi connectivity index (χ0n) is 20.7. The van der Waals surface area contributed by atoms with E-state index in [0.29, 0.717) is 6.61 Å². The van der Waals surface area contributed by atoms with Crippen molar-refractivity contribution in [2.24, 2.45) is 18.9 Å². The Bertz CT molecular complexity index is 1620. The van der Waals surface area contributed by atoms with E-state index in [1.807, 2.05) is 29.9 Å². The van der Waals surface area contributed by atoms with Crippen LogP contribution < -0.4 is 5.69 Å². The Kier molecular flexibility index (Phi) is 5.61. The molecule has 0 amide bonds. The van der Waals surface area contributed by atoms with Crippen molar-refractivity contribution in [1.82, 2.24) is 29.3 Å². The molecule has 0 aliphatic heterocycles. The molecule has 1 saturated carbocycles. The third-order valence-electron chi connectivity index (χ3n) is 7.72. The first-order valence-corrected chi connectivity index (χ1v) is 12.5. The Morgan fingerprint density at radius 1 is 1.08 bits per heavy atom. The zero-order chi connectivity index (χ0) is 25.0. The van der Waals surface area contributed by atoms with E-state index in [0.717, 1.165) is 56.9 Å². The third kappa shape index (κ3) is 3.61. The predicted octanol–water partition coefficient (Wildman–Crippen LogP) is 3.81. The SMILES string of the molecule is CC1CC(n2c(=O)n(C)c3cnc4ccc(-c5cnc6[nH]ncc6c5)cc4c32)CC(C)C1OCCO. The number of ether oxygens (including phenoxy) is 1. The minimum atomic E-state index is -0.0229. The summed E-state index contributed by atoms with van der Waals surface area (Å²) in [5, 5.41) is 18.1. The van der Waals surface area contributed by atoms with Gasteiger partial charge in [0.05, 0.1) is 48.3 Å². The summed E-state index contributed by atoms with van der Waals surface area (Å²) >= 11 is 0. The van der Waals surface area contributed by atoms with E-state index < -0.39 is 0 Å². The molecule has 1 fully saturated rings. The summed E-state index contributed by atoms with van der Waals surface area (Å²) in [4.78, 5) is 22.8. The summed E-state index contributed by atoms with van der Waals surface area (Å²) in [6.07, 6.45) is 7.16. The van der Waals surface area contributed by atoms with Crippen LogP contribution in [0.2, 0.25) is 0 Å². The number of rotatable bonds is 5. The molecule has 0 radical (unpaired) electrons. The molecule has 36 heavy (non-hydrogen) atoms. The van der Waals surface area contributed by atoms with Crippen molar-refractivity contribution in [2.75, 3.05) is 13.2 Å². The van der Waals surface area contributed by atoms with Crippen molar-refractivity contribution >= 4 is 33.0 Å². The Morgan fingerprint density at radius 2 is 1.89 bits per heavy atom. The van der Waals surface area contributed by atoms with Gasteiger partial charge in [0, 0.05) is 35.6 Å². The van der Waals surface area contributed by atoms with Crippen LogP contribution in [0.4, 0.5) is 0 Å². The molecule has 2 N–H and O–H groups in total. The summed E-state index contributed by atoms with van der Waals surface area (Å²) in [5.41, 5.74) is 5.32. The van der Waals surface area contributed by atoms with E-state index in [9.17, 15) is 9.90 Å². The van der Waals surface area contributed by atoms with Gasteiger partial charge < -0.3 is 9.84 Å². The van der Waals surface area contributed by atoms with E-state index in [4.69, 9.17) is 4.74 Å². The average molecular weight is 487 g/mol. The number of aliphatic hydroxyl groups is 1. The molecule has 9 heteroatoms. The molecule has 0 spiro atoms. The number of aromatic nitrogens is 6. The van der Waals surface area contributed by atoms with Crippen molar-refractivity contribution in [1.29, 1.82) is 0 Å². The fraction of sp³-hybridized carbons (Fsp3) is 0.407. The van der Waals surface area contributed by atoms with Crippen LogP contribution in [0, 0.1) is 11.8 Å². The van der Waals surface area contributed by atoms with Crippen LogP contribution in [0.25, 0.3) is 44.1 Å². The minimum Gasteiger partial charge on any atom is -0.394 e. The van der Waals surface area contributed by atoms with Gasteiger partial charge in [-0.15, -0.1) is 0 Å². The first kappa shape index (κ1) is 22.9. The number of nitrogens with one attached hydrogen (secondary N) is 1. The quantitative estimate of drug-likeness (QED) is 0.391. The maximum atomic E-state index is 13.6. The molecule has 1 aliphatic carbocycles. The molecule has 4 aromatic heterocycles. The molecular formula is C27H30N6O3. The summed E-state index contributed by atoms with van der Waals surface area (Å²) < 4.78 is 9.65. The zero-order valence-corrected chi connectivity index (χ0v) is 20.7. The van der Waals surface area contributed by atoms with Crippen LogP contribution in [-0.2, 0) is 11.8 Å². The Hall–Kier alpha value is -3.56. The van der Waals surface area contributed by atoms with Gasteiger partial charge in [-0.05, 0) is 48.4 Å². The maximum Gasteiger partial charge on any atom is 0.329 e. The molecule has 1 aromatic carbocycles. The highest BCUT2D eigenvalue weighted by molar-refractivity contribution is 6.04. The first-order valence-electron chi connectivity index (χ1n) is 12.5. The van der Waals surface area contributed by atoms with E-state index in [-0.39, 0.29) is 36.3 Å². The van der Waals surface area contributed by atoms with Gasteiger partial charge in [0.1, 0.15) is 0 Å². The van der Waals surface area contributed by atoms with Gasteiger partial charge in [0.15, 0.2) is 5.65 Å². The lowest BCUT2D eigenvalue weighted by molar-refractivity contribution is -0.0587. The van der Waals surface area contributed by atoms with Crippen LogP contribution in [0.15, 0.2) is 47.7 Å². The highest BCUT2D eigenvalue weighted by atomic mass is 16.5. The number of pyridine rings is 2. The van der Waals surface area contributed by atoms with Crippen LogP contribution >= 0.6 is 0 Å². The fourth-order valence-corrected chi connectivity index (χ4v) is 6.05. The van der Waals surface area contributed by atoms with Crippen molar-refractivity contribution in [3.8, 4) is 11.1 Å². The molecular weight excluding hydrogens is 456 g/mol. The van der Waals surface area contributed by atoms with Crippen molar-refractivity contribution in [3.63, 3.8) is 0 Å². The number of aryl methyl sites for hydroxylation is 1. The summed E-state index contributed by atoms with van der Waals surface area (Å²) in [7, 11) is 1.82. The number of hydrogen-bond donors (Lipinski definition) is 2. The molecule has 186 valence electrons. The summed E-state index contributed by atoms with van der Waals surface area (Å²) in [5.74, 6) is 0.535. The number of aliphatic hydroxyl groups excluding tert-OH is 1. The Balaban J connectivity index is 1.49. The number of hydrogen-bond acceptors (Lipinski definition) is 6. The molecule has 9 nitrogen and oxygen atoms in total. The Labute approximate surface area is 207 Å². The number of aromatic amines is 1. The molecule has 0 bridgehead atoms. The second-order valence-corrected chi connectivity index (χ2v) is 10.1. The van der Waals surface area contributed by atoms with Gasteiger partial charge in [-0.2, -0.15) is 5.10 Å². The van der Waals surface area contributed by atoms with E-state index >= 15 is 0 Å². The van der Waals surface area contributed by atoms with Crippen LogP contribution in [0.1, 0.15) is 32.7 Å². The van der Waals surface area contributed by atoms with Crippen molar-refractivity contribution in [2.45, 2.75) is 38.8 Å². The molecule has 0 saturated heterocycles. The number of benzene rings is 1. The topological polar surface area (TPSA) is 111 Å². The molecule has 4 heterocycles. The fourth-order valence-electron chi connectivity index (χ4n) is 6.05. The minimum absolute atomic E-state index is 0.0204. The standard InChI is InChI=1S/C27H30N6O3/c1-15-8-20(9-16(2)25(15)36-7-6-34)33-24-21-11-17(18-10-19-13-30-31-26(19)29-12-18)4-5-22(21)28-14-23(24)32(3)27(33)35/h4-5,10-16,20,25,34H,6-9H2,1-3H3,(H,29,30,31). The lowest BCUT2D eigenvalue weighted by Gasteiger charge is -2.39. The van der Waals surface area contributed by atoms with Gasteiger partial charge in [0.2, 0.25) is 0 Å². The van der Waals surface area contributed by atoms with Gasteiger partial charge in [0.25, 0.3) is 0 Å². The van der Waals surface area contributed by atoms with E-state index in [1.165, 1.54) is 0 Å². The van der Waals surface area contributed by atoms with E-state index in [2.05, 4.69) is 46.1 Å². The lowest BCUT2D eigenvalue weighted by Crippen LogP contribution is -2.40. The molecule has 2 unspecified atom stereocenters. The van der Waals surface area contributed by atoms with Gasteiger partial charge >= 0.3 is 5.69 Å². The highest BCUT2D eigenvalue weighted by Gasteiger charge is 2.36. The maximum absolute atomic E-state index is 13.6. The average Bonchev–Trinajstić information content (AvgIpc) is 3.45. The predicted molar refractivity (Wildman–Crippen MR) is 139 cm³/mol. The molecule has 1 aliphatic rings. The third-order valence-corrected chi connectivity index (χ3v) is 7.72. The lowest BCUT2D eigenvalue weighted by atomic mass is 9.77. The van der Waals surface area contributed by atoms with Crippen molar-refractivity contribution in [3.05, 3.63) is 53.3 Å². The van der Waals surface area contributed by atoms with Crippen LogP contribution in [0.5, 0.6) is 0 Å². The largest absolute Gasteiger partial charge is 0.394 e. The summed E-state index contributed by atoms with van der Waals surface area (Å²) in [6.45, 7) is 4.72. The number of nitrogens with zero attached hydrogens (tertiary/aromatic N) is 5. The highest BCUT2D eigenvalue weighted by Crippen LogP contribution is 2.40. The van der Waals surface area contributed by atoms with Gasteiger partial charge in [-0.25, -0.2) is 9.78 Å². The monoisotopic (exact) mass is 486 g/mol. The van der Waals surface area contributed by atoms with Crippen molar-refractivity contribution < 1.29 is 9.84 Å². The molecule has 6 rings (SSSR count). The second kappa shape index (κ2) is 8.83. The number of imidazole rings is 1. The summed E-state index contributed by atoms with van der Waals surface area (Å²) in [6, 6.07) is 8.29. The number of fused-ring (bicyclic) bond motifs is 4. The van der Waals surface area contributed by atoms with E-state index in [1.54, 1.807) is 17.0 Å². The van der Waals surface area contributed by atoms with Crippen LogP contribution in [0.3, 0.4) is 0 Å². The number of H-pyrrole nitrogens is 1.